The van der Waals surface area contributed by atoms with Crippen molar-refractivity contribution in [1.82, 2.24) is 5.32 Å². The van der Waals surface area contributed by atoms with Crippen molar-refractivity contribution in [2.45, 2.75) is 20.3 Å². The summed E-state index contributed by atoms with van der Waals surface area (Å²) in [5.74, 6) is 0.964. The number of aryl methyl sites for hydroxylation is 1. The number of hydrogen-bond acceptors (Lipinski definition) is 3. The minimum Gasteiger partial charge on any atom is -0.456 e. The molecule has 0 aliphatic heterocycles. The van der Waals surface area contributed by atoms with Gasteiger partial charge in [0.05, 0.1) is 6.61 Å². The smallest absolute Gasteiger partial charge is 0.137 e. The number of ether oxygens (including phenoxy) is 1. The summed E-state index contributed by atoms with van der Waals surface area (Å²) >= 11 is 0. The normalized spacial score (nSPS) is 12.2. The molecule has 1 heterocycles. The summed E-state index contributed by atoms with van der Waals surface area (Å²) in [4.78, 5) is 0. The van der Waals surface area contributed by atoms with Gasteiger partial charge in [-0.1, -0.05) is 24.3 Å². The molecule has 0 fully saturated rings. The van der Waals surface area contributed by atoms with E-state index in [-0.39, 0.29) is 0 Å². The van der Waals surface area contributed by atoms with E-state index in [0.717, 1.165) is 37.5 Å². The van der Waals surface area contributed by atoms with Crippen LogP contribution in [0.3, 0.4) is 0 Å². The number of benzene rings is 1. The van der Waals surface area contributed by atoms with Gasteiger partial charge in [-0.05, 0) is 44.0 Å². The average molecular weight is 273 g/mol. The van der Waals surface area contributed by atoms with Gasteiger partial charge < -0.3 is 14.5 Å². The van der Waals surface area contributed by atoms with Crippen LogP contribution >= 0.6 is 0 Å². The Balaban J connectivity index is 1.96. The van der Waals surface area contributed by atoms with Gasteiger partial charge in [0.1, 0.15) is 11.3 Å². The number of para-hydroxylation sites is 1. The number of hydrogen-bond donors (Lipinski definition) is 1. The van der Waals surface area contributed by atoms with Gasteiger partial charge in [0.15, 0.2) is 0 Å². The maximum atomic E-state index is 5.95. The first-order chi connectivity index (χ1) is 9.72. The van der Waals surface area contributed by atoms with Crippen LogP contribution in [0.5, 0.6) is 0 Å². The quantitative estimate of drug-likeness (QED) is 0.780. The third-order valence-corrected chi connectivity index (χ3v) is 3.38. The lowest BCUT2D eigenvalue weighted by molar-refractivity contribution is 0.199. The molecular weight excluding hydrogens is 250 g/mol. The number of rotatable bonds is 7. The van der Waals surface area contributed by atoms with Gasteiger partial charge in [0, 0.05) is 19.0 Å². The molecule has 0 saturated carbocycles. The minimum atomic E-state index is 0.756. The predicted octanol–water partition coefficient (Wildman–Crippen LogP) is 3.77. The van der Waals surface area contributed by atoms with Crippen LogP contribution in [0.15, 0.2) is 34.8 Å². The van der Waals surface area contributed by atoms with Gasteiger partial charge in [0.25, 0.3) is 0 Å². The molecule has 108 valence electrons. The predicted molar refractivity (Wildman–Crippen MR) is 84.0 cm³/mol. The van der Waals surface area contributed by atoms with Crippen LogP contribution in [0.4, 0.5) is 0 Å². The molecular formula is C17H23NO2. The summed E-state index contributed by atoms with van der Waals surface area (Å²) in [6.45, 7) is 6.79. The zero-order valence-corrected chi connectivity index (χ0v) is 12.5. The fourth-order valence-corrected chi connectivity index (χ4v) is 2.19. The Bertz CT molecular complexity index is 584. The lowest BCUT2D eigenvalue weighted by Gasteiger charge is -2.01. The average Bonchev–Trinajstić information content (AvgIpc) is 2.88. The molecule has 1 N–H and O–H groups in total. The number of nitrogens with one attached hydrogen (secondary N) is 1. The van der Waals surface area contributed by atoms with E-state index in [1.807, 2.05) is 0 Å². The van der Waals surface area contributed by atoms with Crippen LogP contribution in [0.2, 0.25) is 0 Å². The monoisotopic (exact) mass is 273 g/mol. The molecule has 0 radical (unpaired) electrons. The zero-order valence-electron chi connectivity index (χ0n) is 12.5. The highest BCUT2D eigenvalue weighted by Gasteiger charge is 2.06. The van der Waals surface area contributed by atoms with Crippen molar-refractivity contribution in [3.05, 3.63) is 41.7 Å². The second-order valence-electron chi connectivity index (χ2n) is 5.02. The highest BCUT2D eigenvalue weighted by Crippen LogP contribution is 2.26. The molecule has 1 aromatic heterocycles. The lowest BCUT2D eigenvalue weighted by atomic mass is 10.1. The van der Waals surface area contributed by atoms with Gasteiger partial charge in [-0.2, -0.15) is 0 Å². The molecule has 0 unspecified atom stereocenters. The molecule has 2 rings (SSSR count). The lowest BCUT2D eigenvalue weighted by Crippen LogP contribution is -2.19. The molecule has 0 aliphatic carbocycles. The first-order valence-electron chi connectivity index (χ1n) is 7.08. The molecule has 3 nitrogen and oxygen atoms in total. The Hall–Kier alpha value is -1.58. The van der Waals surface area contributed by atoms with E-state index in [4.69, 9.17) is 9.15 Å². The maximum absolute atomic E-state index is 5.95. The summed E-state index contributed by atoms with van der Waals surface area (Å²) in [6.07, 6.45) is 3.21. The number of allylic oxidation sites excluding steroid dienone is 1. The molecule has 0 bridgehead atoms. The highest BCUT2D eigenvalue weighted by molar-refractivity contribution is 5.84. The number of methoxy groups -OCH3 is 1. The molecule has 2 aromatic rings. The summed E-state index contributed by atoms with van der Waals surface area (Å²) in [5, 5.41) is 4.50. The Morgan fingerprint density at radius 2 is 2.20 bits per heavy atom. The molecule has 1 aromatic carbocycles. The van der Waals surface area contributed by atoms with Crippen LogP contribution in [0, 0.1) is 6.92 Å². The van der Waals surface area contributed by atoms with Gasteiger partial charge in [-0.3, -0.25) is 0 Å². The SMILES string of the molecule is COCCNCC/C=C(/C)c1cc2cccc(C)c2o1. The largest absolute Gasteiger partial charge is 0.456 e. The third-order valence-electron chi connectivity index (χ3n) is 3.38. The fraction of sp³-hybridized carbons (Fsp3) is 0.412. The van der Waals surface area contributed by atoms with E-state index >= 15 is 0 Å². The Morgan fingerprint density at radius 3 is 2.95 bits per heavy atom. The van der Waals surface area contributed by atoms with Crippen LogP contribution in [0.1, 0.15) is 24.7 Å². The standard InChI is InChI=1S/C17H23NO2/c1-13(7-5-9-18-10-11-19-3)16-12-15-8-4-6-14(2)17(15)20-16/h4,6-8,12,18H,5,9-11H2,1-3H3/b13-7-. The van der Waals surface area contributed by atoms with E-state index in [1.165, 1.54) is 16.5 Å². The Morgan fingerprint density at radius 1 is 1.35 bits per heavy atom. The Labute approximate surface area is 120 Å². The van der Waals surface area contributed by atoms with E-state index < -0.39 is 0 Å². The van der Waals surface area contributed by atoms with Crippen molar-refractivity contribution < 1.29 is 9.15 Å². The second kappa shape index (κ2) is 7.27. The van der Waals surface area contributed by atoms with Crippen LogP contribution in [-0.4, -0.2) is 26.8 Å². The molecule has 3 heteroatoms. The van der Waals surface area contributed by atoms with Crippen LogP contribution in [0.25, 0.3) is 16.5 Å². The van der Waals surface area contributed by atoms with Crippen LogP contribution in [-0.2, 0) is 4.74 Å². The van der Waals surface area contributed by atoms with E-state index in [9.17, 15) is 0 Å². The van der Waals surface area contributed by atoms with Crippen LogP contribution < -0.4 is 5.32 Å². The van der Waals surface area contributed by atoms with Gasteiger partial charge in [-0.15, -0.1) is 0 Å². The van der Waals surface area contributed by atoms with E-state index in [1.54, 1.807) is 7.11 Å². The summed E-state index contributed by atoms with van der Waals surface area (Å²) in [7, 11) is 1.72. The number of furan rings is 1. The van der Waals surface area contributed by atoms with Gasteiger partial charge in [-0.25, -0.2) is 0 Å². The van der Waals surface area contributed by atoms with Gasteiger partial charge in [0.2, 0.25) is 0 Å². The molecule has 0 amide bonds. The van der Waals surface area contributed by atoms with E-state index in [0.29, 0.717) is 0 Å². The zero-order chi connectivity index (χ0) is 14.4. The van der Waals surface area contributed by atoms with Crippen molar-refractivity contribution in [2.75, 3.05) is 26.8 Å². The van der Waals surface area contributed by atoms with Gasteiger partial charge >= 0.3 is 0 Å². The van der Waals surface area contributed by atoms with E-state index in [2.05, 4.69) is 49.5 Å². The summed E-state index contributed by atoms with van der Waals surface area (Å²) in [5.41, 5.74) is 3.37. The Kier molecular flexibility index (Phi) is 5.39. The van der Waals surface area contributed by atoms with Crippen molar-refractivity contribution in [3.63, 3.8) is 0 Å². The highest BCUT2D eigenvalue weighted by atomic mass is 16.5. The van der Waals surface area contributed by atoms with Crippen molar-refractivity contribution in [3.8, 4) is 0 Å². The van der Waals surface area contributed by atoms with Crippen molar-refractivity contribution in [2.24, 2.45) is 0 Å². The maximum Gasteiger partial charge on any atom is 0.137 e. The third kappa shape index (κ3) is 3.71. The first-order valence-corrected chi connectivity index (χ1v) is 7.08. The molecule has 0 atom stereocenters. The van der Waals surface area contributed by atoms with Crippen molar-refractivity contribution in [1.29, 1.82) is 0 Å². The minimum absolute atomic E-state index is 0.756. The topological polar surface area (TPSA) is 34.4 Å². The molecule has 0 aliphatic rings. The summed E-state index contributed by atoms with van der Waals surface area (Å²) < 4.78 is 10.9. The molecule has 0 saturated heterocycles. The first kappa shape index (κ1) is 14.8. The van der Waals surface area contributed by atoms with Crippen molar-refractivity contribution >= 4 is 16.5 Å². The number of fused-ring (bicyclic) bond motifs is 1. The molecule has 20 heavy (non-hydrogen) atoms. The molecule has 0 spiro atoms. The second-order valence-corrected chi connectivity index (χ2v) is 5.02. The summed E-state index contributed by atoms with van der Waals surface area (Å²) in [6, 6.07) is 8.35. The fourth-order valence-electron chi connectivity index (χ4n) is 2.19.